The smallest absolute Gasteiger partial charge is 0.379 e. The van der Waals surface area contributed by atoms with E-state index in [1.54, 1.807) is 11.3 Å². The molecule has 0 atom stereocenters. The van der Waals surface area contributed by atoms with Crippen LogP contribution in [0, 0.1) is 10.1 Å². The average Bonchev–Trinajstić information content (AvgIpc) is 3.15. The van der Waals surface area contributed by atoms with Crippen LogP contribution in [0.5, 0.6) is 0 Å². The van der Waals surface area contributed by atoms with E-state index < -0.39 is 22.4 Å². The highest BCUT2D eigenvalue weighted by molar-refractivity contribution is 7.10. The number of halogens is 3. The van der Waals surface area contributed by atoms with Gasteiger partial charge in [0.05, 0.1) is 10.5 Å². The van der Waals surface area contributed by atoms with Crippen LogP contribution in [0.15, 0.2) is 29.6 Å². The lowest BCUT2D eigenvalue weighted by atomic mass is 10.1. The van der Waals surface area contributed by atoms with Crippen molar-refractivity contribution < 1.29 is 22.9 Å². The molecule has 0 saturated heterocycles. The van der Waals surface area contributed by atoms with Crippen LogP contribution in [0.25, 0.3) is 0 Å². The van der Waals surface area contributed by atoms with Gasteiger partial charge in [-0.15, -0.1) is 11.3 Å². The third kappa shape index (κ3) is 5.70. The number of fused-ring (bicyclic) bond motifs is 1. The summed E-state index contributed by atoms with van der Waals surface area (Å²) in [6.07, 6.45) is -3.61. The van der Waals surface area contributed by atoms with Crippen molar-refractivity contribution in [3.8, 4) is 0 Å². The first-order chi connectivity index (χ1) is 14.2. The zero-order chi connectivity index (χ0) is 21.7. The first-order valence-electron chi connectivity index (χ1n) is 9.38. The molecule has 2 heterocycles. The summed E-state index contributed by atoms with van der Waals surface area (Å²) in [5.74, 6) is -0.231. The van der Waals surface area contributed by atoms with Crippen LogP contribution < -0.4 is 10.6 Å². The molecule has 2 aromatic rings. The molecule has 11 heteroatoms. The largest absolute Gasteiger partial charge is 0.416 e. The Morgan fingerprint density at radius 3 is 2.80 bits per heavy atom. The van der Waals surface area contributed by atoms with Crippen LogP contribution in [0.2, 0.25) is 0 Å². The Balaban J connectivity index is 1.42. The molecule has 0 spiro atoms. The standard InChI is InChI=1S/C19H21F3N4O3S/c20-19(21,22)14-1-2-15(16(11-14)26(28)29)23-6-3-18(27)24-7-9-25-8-4-17-13(12-25)5-10-30-17/h1-2,5,10-11,23H,3-4,6-9,12H2,(H,24,27). The lowest BCUT2D eigenvalue weighted by Gasteiger charge is -2.26. The fraction of sp³-hybridized carbons (Fsp3) is 0.421. The van der Waals surface area contributed by atoms with E-state index in [0.29, 0.717) is 12.6 Å². The van der Waals surface area contributed by atoms with E-state index in [-0.39, 0.29) is 24.6 Å². The van der Waals surface area contributed by atoms with Crippen molar-refractivity contribution in [1.29, 1.82) is 0 Å². The third-order valence-electron chi connectivity index (χ3n) is 4.83. The van der Waals surface area contributed by atoms with Gasteiger partial charge >= 0.3 is 6.18 Å². The van der Waals surface area contributed by atoms with Gasteiger partial charge in [0.2, 0.25) is 5.91 Å². The molecule has 0 aliphatic carbocycles. The first kappa shape index (κ1) is 22.0. The Kier molecular flexibility index (Phi) is 6.93. The zero-order valence-corrected chi connectivity index (χ0v) is 16.8. The first-order valence-corrected chi connectivity index (χ1v) is 10.3. The van der Waals surface area contributed by atoms with E-state index in [1.165, 1.54) is 10.4 Å². The third-order valence-corrected chi connectivity index (χ3v) is 5.85. The number of amides is 1. The van der Waals surface area contributed by atoms with Crippen LogP contribution in [0.3, 0.4) is 0 Å². The van der Waals surface area contributed by atoms with Gasteiger partial charge in [-0.25, -0.2) is 0 Å². The number of alkyl halides is 3. The highest BCUT2D eigenvalue weighted by Crippen LogP contribution is 2.34. The number of hydrogen-bond donors (Lipinski definition) is 2. The minimum atomic E-state index is -4.66. The lowest BCUT2D eigenvalue weighted by Crippen LogP contribution is -2.37. The Morgan fingerprint density at radius 2 is 2.07 bits per heavy atom. The lowest BCUT2D eigenvalue weighted by molar-refractivity contribution is -0.384. The number of nitro groups is 1. The van der Waals surface area contributed by atoms with Gasteiger partial charge in [0.1, 0.15) is 5.69 Å². The molecule has 2 N–H and O–H groups in total. The number of carbonyl (C=O) groups excluding carboxylic acids is 1. The minimum absolute atomic E-state index is 0.0485. The molecular weight excluding hydrogens is 421 g/mol. The summed E-state index contributed by atoms with van der Waals surface area (Å²) in [6.45, 7) is 3.09. The number of carbonyl (C=O) groups is 1. The van der Waals surface area contributed by atoms with Crippen molar-refractivity contribution in [2.45, 2.75) is 25.6 Å². The molecule has 1 amide bonds. The number of rotatable bonds is 8. The molecule has 1 aromatic heterocycles. The maximum Gasteiger partial charge on any atom is 0.416 e. The normalized spacial score (nSPS) is 14.2. The summed E-state index contributed by atoms with van der Waals surface area (Å²) in [5.41, 5.74) is -0.492. The molecule has 0 unspecified atom stereocenters. The van der Waals surface area contributed by atoms with Crippen molar-refractivity contribution in [3.05, 3.63) is 55.8 Å². The monoisotopic (exact) mass is 442 g/mol. The molecule has 1 aliphatic rings. The fourth-order valence-electron chi connectivity index (χ4n) is 3.26. The van der Waals surface area contributed by atoms with Crippen LogP contribution in [0.1, 0.15) is 22.4 Å². The SMILES string of the molecule is O=C(CCNc1ccc(C(F)(F)F)cc1[N+](=O)[O-])NCCN1CCc2sccc2C1. The maximum atomic E-state index is 12.7. The van der Waals surface area contributed by atoms with E-state index in [9.17, 15) is 28.1 Å². The molecule has 3 rings (SSSR count). The Morgan fingerprint density at radius 1 is 1.27 bits per heavy atom. The molecule has 1 aliphatic heterocycles. The van der Waals surface area contributed by atoms with Gasteiger partial charge in [-0.05, 0) is 35.6 Å². The summed E-state index contributed by atoms with van der Waals surface area (Å²) >= 11 is 1.77. The summed E-state index contributed by atoms with van der Waals surface area (Å²) in [5, 5.41) is 18.6. The van der Waals surface area contributed by atoms with Crippen LogP contribution >= 0.6 is 11.3 Å². The fourth-order valence-corrected chi connectivity index (χ4v) is 4.15. The average molecular weight is 442 g/mol. The summed E-state index contributed by atoms with van der Waals surface area (Å²) < 4.78 is 38.2. The van der Waals surface area contributed by atoms with Crippen molar-refractivity contribution in [2.75, 3.05) is 31.5 Å². The molecule has 162 valence electrons. The second-order valence-electron chi connectivity index (χ2n) is 6.91. The molecule has 1 aromatic carbocycles. The van der Waals surface area contributed by atoms with E-state index in [4.69, 9.17) is 0 Å². The molecule has 0 radical (unpaired) electrons. The molecule has 0 fully saturated rings. The summed E-state index contributed by atoms with van der Waals surface area (Å²) in [4.78, 5) is 25.8. The topological polar surface area (TPSA) is 87.5 Å². The Hall–Kier alpha value is -2.66. The number of benzene rings is 1. The quantitative estimate of drug-likeness (QED) is 0.481. The second-order valence-corrected chi connectivity index (χ2v) is 7.91. The van der Waals surface area contributed by atoms with E-state index >= 15 is 0 Å². The highest BCUT2D eigenvalue weighted by atomic mass is 32.1. The Labute approximate surface area is 175 Å². The van der Waals surface area contributed by atoms with Gasteiger partial charge in [0, 0.05) is 50.1 Å². The van der Waals surface area contributed by atoms with Gasteiger partial charge in [-0.2, -0.15) is 13.2 Å². The number of nitro benzene ring substituents is 1. The molecule has 0 saturated carbocycles. The van der Waals surface area contributed by atoms with Gasteiger partial charge in [-0.3, -0.25) is 19.8 Å². The number of thiophene rings is 1. The molecule has 30 heavy (non-hydrogen) atoms. The Bertz CT molecular complexity index is 917. The van der Waals surface area contributed by atoms with Crippen molar-refractivity contribution in [2.24, 2.45) is 0 Å². The number of anilines is 1. The summed E-state index contributed by atoms with van der Waals surface area (Å²) in [6, 6.07) is 4.39. The minimum Gasteiger partial charge on any atom is -0.379 e. The molecular formula is C19H21F3N4O3S. The van der Waals surface area contributed by atoms with E-state index in [0.717, 1.165) is 38.2 Å². The number of hydrogen-bond acceptors (Lipinski definition) is 6. The van der Waals surface area contributed by atoms with Crippen LogP contribution in [-0.4, -0.2) is 41.9 Å². The molecule has 7 nitrogen and oxygen atoms in total. The van der Waals surface area contributed by atoms with Gasteiger partial charge in [0.25, 0.3) is 5.69 Å². The predicted octanol–water partition coefficient (Wildman–Crippen LogP) is 3.65. The number of nitrogens with zero attached hydrogens (tertiary/aromatic N) is 2. The van der Waals surface area contributed by atoms with Gasteiger partial charge in [0.15, 0.2) is 0 Å². The van der Waals surface area contributed by atoms with Crippen LogP contribution in [-0.2, 0) is 23.9 Å². The van der Waals surface area contributed by atoms with Gasteiger partial charge in [-0.1, -0.05) is 0 Å². The van der Waals surface area contributed by atoms with E-state index in [1.807, 2.05) is 0 Å². The second kappa shape index (κ2) is 9.43. The summed E-state index contributed by atoms with van der Waals surface area (Å²) in [7, 11) is 0. The van der Waals surface area contributed by atoms with Crippen LogP contribution in [0.4, 0.5) is 24.5 Å². The highest BCUT2D eigenvalue weighted by Gasteiger charge is 2.33. The maximum absolute atomic E-state index is 12.7. The number of nitrogens with one attached hydrogen (secondary N) is 2. The van der Waals surface area contributed by atoms with E-state index in [2.05, 4.69) is 27.0 Å². The predicted molar refractivity (Wildman–Crippen MR) is 108 cm³/mol. The van der Waals surface area contributed by atoms with Crippen molar-refractivity contribution in [1.82, 2.24) is 10.2 Å². The zero-order valence-electron chi connectivity index (χ0n) is 16.0. The van der Waals surface area contributed by atoms with Gasteiger partial charge < -0.3 is 10.6 Å². The van der Waals surface area contributed by atoms with Crippen molar-refractivity contribution >= 4 is 28.6 Å². The van der Waals surface area contributed by atoms with Crippen molar-refractivity contribution in [3.63, 3.8) is 0 Å². The molecule has 0 bridgehead atoms.